The number of fused-ring (bicyclic) bond motifs is 1. The minimum Gasteiger partial charge on any atom is -0.258 e. The van der Waals surface area contributed by atoms with Crippen LogP contribution in [0.1, 0.15) is 45.5 Å². The highest BCUT2D eigenvalue weighted by Gasteiger charge is 2.43. The molecule has 0 bridgehead atoms. The zero-order valence-electron chi connectivity index (χ0n) is 16.4. The number of hydrogen-bond acceptors (Lipinski definition) is 2. The molecule has 0 saturated heterocycles. The average Bonchev–Trinajstić information content (AvgIpc) is 3.22. The summed E-state index contributed by atoms with van der Waals surface area (Å²) in [6.07, 6.45) is 0. The van der Waals surface area contributed by atoms with Crippen molar-refractivity contribution in [3.05, 3.63) is 112 Å². The molecular formula is C24H20ClN2OPS. The number of para-hydroxylation sites is 1. The first-order valence-corrected chi connectivity index (χ1v) is 12.4. The van der Waals surface area contributed by atoms with E-state index in [4.69, 9.17) is 16.7 Å². The molecule has 0 aliphatic carbocycles. The van der Waals surface area contributed by atoms with Crippen LogP contribution in [0.4, 0.5) is 0 Å². The number of benzene rings is 3. The van der Waals surface area contributed by atoms with E-state index in [-0.39, 0.29) is 16.4 Å². The molecule has 4 aromatic rings. The van der Waals surface area contributed by atoms with Gasteiger partial charge < -0.3 is 0 Å². The molecule has 6 heteroatoms. The summed E-state index contributed by atoms with van der Waals surface area (Å²) >= 11 is 6.13. The Morgan fingerprint density at radius 3 is 2.20 bits per heavy atom. The van der Waals surface area contributed by atoms with Crippen LogP contribution in [0, 0.1) is 0 Å². The molecule has 5 rings (SSSR count). The molecule has 2 heterocycles. The number of aromatic nitrogens is 2. The van der Waals surface area contributed by atoms with E-state index in [0.717, 1.165) is 36.2 Å². The summed E-state index contributed by atoms with van der Waals surface area (Å²) in [4.78, 5) is 0. The highest BCUT2D eigenvalue weighted by atomic mass is 35.5. The van der Waals surface area contributed by atoms with Crippen molar-refractivity contribution in [2.45, 2.75) is 23.3 Å². The molecule has 30 heavy (non-hydrogen) atoms. The Labute approximate surface area is 185 Å². The molecule has 0 saturated carbocycles. The molecule has 0 fully saturated rings. The highest BCUT2D eigenvalue weighted by molar-refractivity contribution is 7.86. The average molecular weight is 451 g/mol. The van der Waals surface area contributed by atoms with Crippen molar-refractivity contribution in [3.63, 3.8) is 0 Å². The van der Waals surface area contributed by atoms with Gasteiger partial charge in [-0.2, -0.15) is 5.10 Å². The lowest BCUT2D eigenvalue weighted by molar-refractivity contribution is 0.617. The zero-order chi connectivity index (χ0) is 20.7. The van der Waals surface area contributed by atoms with Crippen LogP contribution in [0.3, 0.4) is 0 Å². The molecule has 4 atom stereocenters. The largest absolute Gasteiger partial charge is 0.258 e. The van der Waals surface area contributed by atoms with Gasteiger partial charge in [0.25, 0.3) is 0 Å². The normalized spacial score (nSPS) is 23.4. The fourth-order valence-electron chi connectivity index (χ4n) is 4.11. The van der Waals surface area contributed by atoms with Crippen LogP contribution >= 0.6 is 20.0 Å². The van der Waals surface area contributed by atoms with Crippen LogP contribution in [-0.4, -0.2) is 13.8 Å². The molecule has 1 unspecified atom stereocenters. The van der Waals surface area contributed by atoms with Crippen LogP contribution in [0.15, 0.2) is 84.9 Å². The summed E-state index contributed by atoms with van der Waals surface area (Å²) in [7, 11) is -0.166. The van der Waals surface area contributed by atoms with Crippen molar-refractivity contribution in [1.29, 1.82) is 0 Å². The van der Waals surface area contributed by atoms with E-state index in [0.29, 0.717) is 5.02 Å². The van der Waals surface area contributed by atoms with E-state index in [2.05, 4.69) is 31.2 Å². The van der Waals surface area contributed by atoms with E-state index in [1.165, 1.54) is 0 Å². The maximum Gasteiger partial charge on any atom is 0.0929 e. The summed E-state index contributed by atoms with van der Waals surface area (Å²) in [5.74, 6) is 0.0630. The van der Waals surface area contributed by atoms with Gasteiger partial charge in [0.2, 0.25) is 0 Å². The molecule has 0 N–H and O–H groups in total. The standard InChI is InChI=1S/C24H20ClN2OPS/c1-16-21-22(29-27(26-21)20-10-6-3-7-11-20)24(18-12-14-19(25)15-13-18)30(28)23(16)17-8-4-2-5-9-17/h2-16,23-24H,1H3/t16-,23-,24-,30?/m0/s1. The molecule has 1 aliphatic rings. The maximum absolute atomic E-state index is 14.0. The van der Waals surface area contributed by atoms with Crippen LogP contribution < -0.4 is 0 Å². The number of rotatable bonds is 3. The maximum atomic E-state index is 14.0. The minimum atomic E-state index is -1.13. The molecule has 1 aromatic heterocycles. The molecule has 150 valence electrons. The summed E-state index contributed by atoms with van der Waals surface area (Å²) in [5, 5.41) is 6.49. The predicted molar refractivity (Wildman–Crippen MR) is 125 cm³/mol. The van der Waals surface area contributed by atoms with Crippen molar-refractivity contribution >= 4 is 30.8 Å². The smallest absolute Gasteiger partial charge is 0.0929 e. The van der Waals surface area contributed by atoms with E-state index in [9.17, 15) is 4.21 Å². The SMILES string of the molecule is C[C@H]1c2nn(-c3ccccc3)pc2[C@H](c2ccc(Cl)cc2)S(=O)[C@@H]1c1ccccc1. The third-order valence-corrected chi connectivity index (χ3v) is 9.36. The van der Waals surface area contributed by atoms with Crippen LogP contribution in [0.2, 0.25) is 5.02 Å². The van der Waals surface area contributed by atoms with Crippen LogP contribution in [0.25, 0.3) is 5.69 Å². The molecule has 0 radical (unpaired) electrons. The fraction of sp³-hybridized carbons (Fsp3) is 0.167. The summed E-state index contributed by atoms with van der Waals surface area (Å²) < 4.78 is 16.0. The molecule has 1 aliphatic heterocycles. The lowest BCUT2D eigenvalue weighted by Gasteiger charge is -2.33. The van der Waals surface area contributed by atoms with E-state index in [1.54, 1.807) is 0 Å². The minimum absolute atomic E-state index is 0.0630. The number of halogens is 1. The number of nitrogens with zero attached hydrogens (tertiary/aromatic N) is 2. The van der Waals surface area contributed by atoms with E-state index >= 15 is 0 Å². The Kier molecular flexibility index (Phi) is 5.32. The van der Waals surface area contributed by atoms with Gasteiger partial charge in [-0.15, -0.1) is 0 Å². The van der Waals surface area contributed by atoms with Crippen LogP contribution in [-0.2, 0) is 10.8 Å². The Bertz CT molecular complexity index is 1200. The lowest BCUT2D eigenvalue weighted by Crippen LogP contribution is -2.26. The first kappa shape index (κ1) is 19.7. The Morgan fingerprint density at radius 1 is 0.900 bits per heavy atom. The van der Waals surface area contributed by atoms with Gasteiger partial charge in [0.05, 0.1) is 21.9 Å². The van der Waals surface area contributed by atoms with Crippen molar-refractivity contribution < 1.29 is 4.21 Å². The zero-order valence-corrected chi connectivity index (χ0v) is 18.8. The number of hydrogen-bond donors (Lipinski definition) is 0. The lowest BCUT2D eigenvalue weighted by atomic mass is 9.94. The monoisotopic (exact) mass is 450 g/mol. The highest BCUT2D eigenvalue weighted by Crippen LogP contribution is 2.52. The van der Waals surface area contributed by atoms with E-state index < -0.39 is 10.8 Å². The third-order valence-electron chi connectivity index (χ3n) is 5.57. The quantitative estimate of drug-likeness (QED) is 0.344. The second-order valence-corrected chi connectivity index (χ2v) is 10.6. The molecule has 0 spiro atoms. The van der Waals surface area contributed by atoms with Gasteiger partial charge in [-0.25, -0.2) is 4.44 Å². The predicted octanol–water partition coefficient (Wildman–Crippen LogP) is 6.80. The fourth-order valence-corrected chi connectivity index (χ4v) is 7.91. The Balaban J connectivity index is 1.69. The van der Waals surface area contributed by atoms with Gasteiger partial charge in [0, 0.05) is 35.4 Å². The summed E-state index contributed by atoms with van der Waals surface area (Å²) in [6.45, 7) is 2.15. The van der Waals surface area contributed by atoms with Crippen molar-refractivity contribution in [2.75, 3.05) is 0 Å². The first-order chi connectivity index (χ1) is 14.6. The second-order valence-electron chi connectivity index (χ2n) is 7.48. The second kappa shape index (κ2) is 8.11. The van der Waals surface area contributed by atoms with Crippen molar-refractivity contribution in [2.24, 2.45) is 0 Å². The molecule has 0 amide bonds. The third kappa shape index (κ3) is 3.43. The van der Waals surface area contributed by atoms with Gasteiger partial charge in [0.1, 0.15) is 0 Å². The van der Waals surface area contributed by atoms with Gasteiger partial charge in [-0.1, -0.05) is 79.2 Å². The first-order valence-electron chi connectivity index (χ1n) is 9.86. The summed E-state index contributed by atoms with van der Waals surface area (Å²) in [6, 6.07) is 28.1. The molecule has 3 aromatic carbocycles. The van der Waals surface area contributed by atoms with Gasteiger partial charge in [0.15, 0.2) is 0 Å². The molecular weight excluding hydrogens is 431 g/mol. The Morgan fingerprint density at radius 2 is 1.53 bits per heavy atom. The van der Waals surface area contributed by atoms with Gasteiger partial charge in [-0.3, -0.25) is 4.21 Å². The molecule has 3 nitrogen and oxygen atoms in total. The van der Waals surface area contributed by atoms with Crippen molar-refractivity contribution in [3.8, 4) is 5.69 Å². The summed E-state index contributed by atoms with van der Waals surface area (Å²) in [5.41, 5.74) is 4.21. The topological polar surface area (TPSA) is 34.9 Å². The Hall–Kier alpha value is -2.26. The van der Waals surface area contributed by atoms with Crippen molar-refractivity contribution in [1.82, 2.24) is 9.54 Å². The van der Waals surface area contributed by atoms with E-state index in [1.807, 2.05) is 65.1 Å². The van der Waals surface area contributed by atoms with Gasteiger partial charge >= 0.3 is 0 Å². The van der Waals surface area contributed by atoms with Gasteiger partial charge in [-0.05, 0) is 35.4 Å². The van der Waals surface area contributed by atoms with Crippen LogP contribution in [0.5, 0.6) is 0 Å².